The fourth-order valence-electron chi connectivity index (χ4n) is 5.21. The van der Waals surface area contributed by atoms with Crippen molar-refractivity contribution in [3.05, 3.63) is 124 Å². The highest BCUT2D eigenvalue weighted by Crippen LogP contribution is 2.58. The maximum Gasteiger partial charge on any atom is 0.0324 e. The summed E-state index contributed by atoms with van der Waals surface area (Å²) in [6.45, 7) is 4.66. The van der Waals surface area contributed by atoms with Crippen LogP contribution in [0.5, 0.6) is 0 Å². The van der Waals surface area contributed by atoms with Gasteiger partial charge in [0.1, 0.15) is 0 Å². The Bertz CT molecular complexity index is 1140. The van der Waals surface area contributed by atoms with E-state index in [4.69, 9.17) is 0 Å². The number of rotatable bonds is 7. The summed E-state index contributed by atoms with van der Waals surface area (Å²) in [5.41, 5.74) is 7.62. The maximum absolute atomic E-state index is 2.51. The second-order valence-electron chi connectivity index (χ2n) is 8.82. The van der Waals surface area contributed by atoms with Crippen molar-refractivity contribution in [2.24, 2.45) is 0 Å². The summed E-state index contributed by atoms with van der Waals surface area (Å²) < 4.78 is 0. The summed E-state index contributed by atoms with van der Waals surface area (Å²) in [7, 11) is -0.594. The number of fused-ring (bicyclic) bond motifs is 1. The quantitative estimate of drug-likeness (QED) is 0.330. The van der Waals surface area contributed by atoms with Crippen molar-refractivity contribution >= 4 is 24.6 Å². The zero-order valence-electron chi connectivity index (χ0n) is 19.1. The van der Waals surface area contributed by atoms with Crippen LogP contribution in [0.1, 0.15) is 56.6 Å². The molecular weight excluding hydrogens is 403 g/mol. The molecule has 0 aliphatic heterocycles. The molecule has 2 aliphatic rings. The molecular formula is C31H31P. The van der Waals surface area contributed by atoms with Crippen LogP contribution < -0.4 is 10.6 Å². The number of benzene rings is 3. The predicted octanol–water partition coefficient (Wildman–Crippen LogP) is 8.09. The third kappa shape index (κ3) is 3.94. The van der Waals surface area contributed by atoms with Crippen molar-refractivity contribution in [1.29, 1.82) is 0 Å². The van der Waals surface area contributed by atoms with Crippen LogP contribution in [0.4, 0.5) is 0 Å². The normalized spacial score (nSPS) is 17.5. The molecule has 160 valence electrons. The summed E-state index contributed by atoms with van der Waals surface area (Å²) in [5.74, 6) is 0.382. The number of hydrogen-bond donors (Lipinski definition) is 0. The molecule has 0 spiro atoms. The van der Waals surface area contributed by atoms with Crippen LogP contribution in [0.2, 0.25) is 0 Å². The van der Waals surface area contributed by atoms with Crippen LogP contribution in [0.15, 0.2) is 113 Å². The van der Waals surface area contributed by atoms with Gasteiger partial charge in [-0.3, -0.25) is 0 Å². The zero-order chi connectivity index (χ0) is 21.9. The van der Waals surface area contributed by atoms with Gasteiger partial charge < -0.3 is 0 Å². The Morgan fingerprint density at radius 3 is 2.09 bits per heavy atom. The Morgan fingerprint density at radius 2 is 1.44 bits per heavy atom. The van der Waals surface area contributed by atoms with E-state index >= 15 is 0 Å². The molecule has 0 radical (unpaired) electrons. The fraction of sp³-hybridized carbons (Fsp3) is 0.226. The van der Waals surface area contributed by atoms with E-state index in [0.717, 1.165) is 6.42 Å². The summed E-state index contributed by atoms with van der Waals surface area (Å²) in [5, 5.41) is 4.46. The molecule has 0 aromatic heterocycles. The van der Waals surface area contributed by atoms with Gasteiger partial charge in [0.15, 0.2) is 0 Å². The van der Waals surface area contributed by atoms with Gasteiger partial charge in [-0.15, -0.1) is 0 Å². The van der Waals surface area contributed by atoms with Gasteiger partial charge in [-0.2, -0.15) is 0 Å². The first-order valence-corrected chi connectivity index (χ1v) is 13.2. The van der Waals surface area contributed by atoms with Crippen molar-refractivity contribution in [3.8, 4) is 0 Å². The molecule has 2 aliphatic carbocycles. The highest BCUT2D eigenvalue weighted by atomic mass is 31.1. The predicted molar refractivity (Wildman–Crippen MR) is 141 cm³/mol. The van der Waals surface area contributed by atoms with Gasteiger partial charge in [-0.25, -0.2) is 0 Å². The van der Waals surface area contributed by atoms with Crippen LogP contribution in [-0.4, -0.2) is 0 Å². The van der Waals surface area contributed by atoms with Crippen LogP contribution in [0.3, 0.4) is 0 Å². The lowest BCUT2D eigenvalue weighted by Gasteiger charge is -2.28. The molecule has 0 amide bonds. The van der Waals surface area contributed by atoms with Crippen LogP contribution in [0.25, 0.3) is 6.08 Å². The van der Waals surface area contributed by atoms with Crippen molar-refractivity contribution < 1.29 is 0 Å². The fourth-order valence-corrected chi connectivity index (χ4v) is 7.86. The third-order valence-electron chi connectivity index (χ3n) is 6.87. The summed E-state index contributed by atoms with van der Waals surface area (Å²) >= 11 is 0. The van der Waals surface area contributed by atoms with E-state index in [1.165, 1.54) is 41.0 Å². The molecule has 1 atom stereocenters. The molecule has 0 heterocycles. The minimum absolute atomic E-state index is 0.382. The van der Waals surface area contributed by atoms with Crippen molar-refractivity contribution in [1.82, 2.24) is 0 Å². The van der Waals surface area contributed by atoms with Gasteiger partial charge in [0, 0.05) is 5.92 Å². The van der Waals surface area contributed by atoms with Crippen LogP contribution in [0, 0.1) is 0 Å². The minimum atomic E-state index is -0.594. The van der Waals surface area contributed by atoms with Gasteiger partial charge in [0.05, 0.1) is 0 Å². The van der Waals surface area contributed by atoms with Gasteiger partial charge in [-0.1, -0.05) is 110 Å². The Balaban J connectivity index is 1.64. The lowest BCUT2D eigenvalue weighted by Crippen LogP contribution is -2.16. The number of unbranched alkanes of at least 4 members (excludes halogenated alkanes) is 1. The highest BCUT2D eigenvalue weighted by molar-refractivity contribution is 7.77. The van der Waals surface area contributed by atoms with Crippen molar-refractivity contribution in [2.45, 2.75) is 45.4 Å². The lowest BCUT2D eigenvalue weighted by atomic mass is 9.89. The van der Waals surface area contributed by atoms with E-state index in [9.17, 15) is 0 Å². The molecule has 0 N–H and O–H groups in total. The third-order valence-corrected chi connectivity index (χ3v) is 9.41. The van der Waals surface area contributed by atoms with E-state index in [2.05, 4.69) is 111 Å². The Hall–Kier alpha value is -2.69. The number of allylic oxidation sites excluding steroid dienone is 5. The second kappa shape index (κ2) is 9.43. The average molecular weight is 435 g/mol. The molecule has 3 aromatic carbocycles. The Morgan fingerprint density at radius 1 is 0.812 bits per heavy atom. The Labute approximate surface area is 194 Å². The smallest absolute Gasteiger partial charge is 0.0324 e. The first kappa shape index (κ1) is 21.2. The summed E-state index contributed by atoms with van der Waals surface area (Å²) in [4.78, 5) is 0. The van der Waals surface area contributed by atoms with Gasteiger partial charge in [0.2, 0.25) is 0 Å². The van der Waals surface area contributed by atoms with Crippen molar-refractivity contribution in [3.63, 3.8) is 0 Å². The summed E-state index contributed by atoms with van der Waals surface area (Å²) in [6.07, 6.45) is 9.85. The Kier molecular flexibility index (Phi) is 6.24. The van der Waals surface area contributed by atoms with E-state index in [1.807, 2.05) is 0 Å². The monoisotopic (exact) mass is 434 g/mol. The molecule has 0 fully saturated rings. The van der Waals surface area contributed by atoms with E-state index in [1.54, 1.807) is 22.0 Å². The zero-order valence-corrected chi connectivity index (χ0v) is 20.0. The van der Waals surface area contributed by atoms with E-state index in [0.29, 0.717) is 5.92 Å². The van der Waals surface area contributed by atoms with Crippen LogP contribution >= 0.6 is 7.92 Å². The van der Waals surface area contributed by atoms with Crippen LogP contribution in [-0.2, 0) is 0 Å². The van der Waals surface area contributed by atoms with Gasteiger partial charge in [-0.05, 0) is 78.4 Å². The topological polar surface area (TPSA) is 0 Å². The highest BCUT2D eigenvalue weighted by Gasteiger charge is 2.36. The lowest BCUT2D eigenvalue weighted by molar-refractivity contribution is 0.791. The largest absolute Gasteiger partial charge is 0.0769 e. The van der Waals surface area contributed by atoms with Crippen molar-refractivity contribution in [2.75, 3.05) is 0 Å². The van der Waals surface area contributed by atoms with Gasteiger partial charge >= 0.3 is 0 Å². The minimum Gasteiger partial charge on any atom is -0.0769 e. The van der Waals surface area contributed by atoms with E-state index < -0.39 is 7.92 Å². The molecule has 0 nitrogen and oxygen atoms in total. The first-order chi connectivity index (χ1) is 15.8. The van der Waals surface area contributed by atoms with Gasteiger partial charge in [0.25, 0.3) is 0 Å². The van der Waals surface area contributed by atoms with E-state index in [-0.39, 0.29) is 0 Å². The first-order valence-electron chi connectivity index (χ1n) is 11.9. The maximum atomic E-state index is 2.51. The SMILES string of the molecule is CCCCC1=CCC(C2C(P(c3ccccc3)c3ccccc3)=Cc3ccccc32)=C1C. The summed E-state index contributed by atoms with van der Waals surface area (Å²) in [6, 6.07) is 31.4. The second-order valence-corrected chi connectivity index (χ2v) is 11.0. The standard InChI is InChI=1S/C31H31P/c1-3-4-13-24-20-21-28(23(24)2)31-29-19-12-11-14-25(29)22-30(31)32(26-15-7-5-8-16-26)27-17-9-6-10-18-27/h5-12,14-20,22,31H,3-4,13,21H2,1-2H3. The molecule has 1 unspecified atom stereocenters. The molecule has 0 saturated heterocycles. The molecule has 3 aromatic rings. The molecule has 0 bridgehead atoms. The molecule has 5 rings (SSSR count). The molecule has 32 heavy (non-hydrogen) atoms. The average Bonchev–Trinajstić information content (AvgIpc) is 3.39. The number of hydrogen-bond acceptors (Lipinski definition) is 0. The molecule has 1 heteroatoms. The molecule has 0 saturated carbocycles.